The molecule has 1 aliphatic rings. The first-order valence-electron chi connectivity index (χ1n) is 7.20. The van der Waals surface area contributed by atoms with Gasteiger partial charge in [0.05, 0.1) is 12.6 Å². The predicted octanol–water partition coefficient (Wildman–Crippen LogP) is 3.30. The summed E-state index contributed by atoms with van der Waals surface area (Å²) in [5.74, 6) is 0. The topological polar surface area (TPSA) is 21.3 Å². The molecule has 1 aliphatic carbocycles. The van der Waals surface area contributed by atoms with Crippen molar-refractivity contribution < 1.29 is 4.74 Å². The molecule has 2 nitrogen and oxygen atoms in total. The third-order valence-corrected chi connectivity index (χ3v) is 3.98. The van der Waals surface area contributed by atoms with Gasteiger partial charge in [-0.15, -0.1) is 0 Å². The molecule has 20 heavy (non-hydrogen) atoms. The lowest BCUT2D eigenvalue weighted by molar-refractivity contribution is 0.168. The summed E-state index contributed by atoms with van der Waals surface area (Å²) in [7, 11) is 1.75. The van der Waals surface area contributed by atoms with Gasteiger partial charge in [-0.05, 0) is 35.6 Å². The van der Waals surface area contributed by atoms with Gasteiger partial charge in [0.15, 0.2) is 0 Å². The Balaban J connectivity index is 1.99. The van der Waals surface area contributed by atoms with E-state index in [1.165, 1.54) is 22.3 Å². The first kappa shape index (κ1) is 13.3. The predicted molar refractivity (Wildman–Crippen MR) is 82.0 cm³/mol. The molecule has 0 saturated heterocycles. The minimum atomic E-state index is 0.265. The first-order valence-corrected chi connectivity index (χ1v) is 7.20. The van der Waals surface area contributed by atoms with E-state index in [1.807, 2.05) is 0 Å². The fourth-order valence-corrected chi connectivity index (χ4v) is 3.09. The van der Waals surface area contributed by atoms with Gasteiger partial charge in [-0.25, -0.2) is 0 Å². The van der Waals surface area contributed by atoms with Crippen LogP contribution in [0, 0.1) is 0 Å². The smallest absolute Gasteiger partial charge is 0.0613 e. The Morgan fingerprint density at radius 3 is 2.15 bits per heavy atom. The molecule has 2 aromatic carbocycles. The summed E-state index contributed by atoms with van der Waals surface area (Å²) in [6.45, 7) is 2.89. The minimum Gasteiger partial charge on any atom is -0.383 e. The van der Waals surface area contributed by atoms with E-state index in [-0.39, 0.29) is 6.04 Å². The molecule has 0 aliphatic heterocycles. The standard InChI is InChI=1S/C18H21NO/c1-13(12-20-2)19-18-16-9-5-3-7-14(16)11-15-8-4-6-10-17(15)18/h3-10,13,18-19H,11-12H2,1-2H3. The van der Waals surface area contributed by atoms with Gasteiger partial charge >= 0.3 is 0 Å². The SMILES string of the molecule is COCC(C)NC1c2ccccc2Cc2ccccc21. The average Bonchev–Trinajstić information content (AvgIpc) is 2.47. The van der Waals surface area contributed by atoms with Crippen molar-refractivity contribution in [2.75, 3.05) is 13.7 Å². The Hall–Kier alpha value is -1.64. The number of rotatable bonds is 4. The fourth-order valence-electron chi connectivity index (χ4n) is 3.09. The number of hydrogen-bond donors (Lipinski definition) is 1. The molecule has 0 heterocycles. The maximum atomic E-state index is 5.26. The summed E-state index contributed by atoms with van der Waals surface area (Å²) in [6, 6.07) is 18.0. The van der Waals surface area contributed by atoms with Crippen LogP contribution >= 0.6 is 0 Å². The van der Waals surface area contributed by atoms with Crippen molar-refractivity contribution in [1.82, 2.24) is 5.32 Å². The van der Waals surface area contributed by atoms with E-state index in [0.29, 0.717) is 6.04 Å². The Kier molecular flexibility index (Phi) is 3.86. The zero-order valence-corrected chi connectivity index (χ0v) is 12.1. The van der Waals surface area contributed by atoms with E-state index in [0.717, 1.165) is 13.0 Å². The number of hydrogen-bond acceptors (Lipinski definition) is 2. The molecular weight excluding hydrogens is 246 g/mol. The molecule has 0 spiro atoms. The zero-order valence-electron chi connectivity index (χ0n) is 12.1. The van der Waals surface area contributed by atoms with Gasteiger partial charge in [-0.1, -0.05) is 48.5 Å². The van der Waals surface area contributed by atoms with Gasteiger partial charge < -0.3 is 10.1 Å². The Morgan fingerprint density at radius 2 is 1.60 bits per heavy atom. The highest BCUT2D eigenvalue weighted by molar-refractivity contribution is 5.48. The highest BCUT2D eigenvalue weighted by Crippen LogP contribution is 2.34. The number of fused-ring (bicyclic) bond motifs is 2. The minimum absolute atomic E-state index is 0.265. The third-order valence-electron chi connectivity index (χ3n) is 3.98. The van der Waals surface area contributed by atoms with Crippen molar-refractivity contribution in [2.24, 2.45) is 0 Å². The second-order valence-corrected chi connectivity index (χ2v) is 5.53. The molecule has 104 valence electrons. The van der Waals surface area contributed by atoms with Crippen LogP contribution in [0.5, 0.6) is 0 Å². The third kappa shape index (κ3) is 2.49. The Morgan fingerprint density at radius 1 is 1.05 bits per heavy atom. The van der Waals surface area contributed by atoms with Crippen LogP contribution in [0.25, 0.3) is 0 Å². The van der Waals surface area contributed by atoms with E-state index < -0.39 is 0 Å². The van der Waals surface area contributed by atoms with E-state index >= 15 is 0 Å². The molecule has 2 aromatic rings. The lowest BCUT2D eigenvalue weighted by Crippen LogP contribution is -2.36. The molecule has 0 radical (unpaired) electrons. The van der Waals surface area contributed by atoms with Crippen LogP contribution in [-0.2, 0) is 11.2 Å². The summed E-state index contributed by atoms with van der Waals surface area (Å²) in [5, 5.41) is 3.71. The number of ether oxygens (including phenoxy) is 1. The van der Waals surface area contributed by atoms with Gasteiger partial charge in [0.25, 0.3) is 0 Å². The van der Waals surface area contributed by atoms with Crippen molar-refractivity contribution in [3.63, 3.8) is 0 Å². The average molecular weight is 267 g/mol. The summed E-state index contributed by atoms with van der Waals surface area (Å²) >= 11 is 0. The van der Waals surface area contributed by atoms with Crippen LogP contribution in [-0.4, -0.2) is 19.8 Å². The molecule has 0 amide bonds. The molecule has 0 bridgehead atoms. The molecule has 0 aromatic heterocycles. The van der Waals surface area contributed by atoms with Gasteiger partial charge in [0.2, 0.25) is 0 Å². The normalized spacial score (nSPS) is 15.5. The van der Waals surface area contributed by atoms with Crippen LogP contribution in [0.3, 0.4) is 0 Å². The number of nitrogens with one attached hydrogen (secondary N) is 1. The summed E-state index contributed by atoms with van der Waals surface area (Å²) in [5.41, 5.74) is 5.64. The van der Waals surface area contributed by atoms with Crippen LogP contribution < -0.4 is 5.32 Å². The molecule has 1 unspecified atom stereocenters. The number of benzene rings is 2. The van der Waals surface area contributed by atoms with Crippen LogP contribution in [0.15, 0.2) is 48.5 Å². The highest BCUT2D eigenvalue weighted by Gasteiger charge is 2.25. The lowest BCUT2D eigenvalue weighted by Gasteiger charge is -2.31. The van der Waals surface area contributed by atoms with E-state index in [4.69, 9.17) is 4.74 Å². The van der Waals surface area contributed by atoms with Crippen molar-refractivity contribution >= 4 is 0 Å². The van der Waals surface area contributed by atoms with Crippen LogP contribution in [0.2, 0.25) is 0 Å². The van der Waals surface area contributed by atoms with Crippen molar-refractivity contribution in [3.05, 3.63) is 70.8 Å². The quantitative estimate of drug-likeness (QED) is 0.917. The van der Waals surface area contributed by atoms with Crippen molar-refractivity contribution in [2.45, 2.75) is 25.4 Å². The fraction of sp³-hybridized carbons (Fsp3) is 0.333. The summed E-state index contributed by atoms with van der Waals surface area (Å²) < 4.78 is 5.26. The first-order chi connectivity index (χ1) is 9.79. The second-order valence-electron chi connectivity index (χ2n) is 5.53. The Labute approximate surface area is 120 Å². The van der Waals surface area contributed by atoms with Crippen molar-refractivity contribution in [3.8, 4) is 0 Å². The molecule has 1 N–H and O–H groups in total. The van der Waals surface area contributed by atoms with Gasteiger partial charge in [0.1, 0.15) is 0 Å². The molecule has 1 atom stereocenters. The van der Waals surface area contributed by atoms with Crippen LogP contribution in [0.4, 0.5) is 0 Å². The molecule has 2 heteroatoms. The van der Waals surface area contributed by atoms with Gasteiger partial charge in [-0.2, -0.15) is 0 Å². The van der Waals surface area contributed by atoms with Gasteiger partial charge in [-0.3, -0.25) is 0 Å². The number of methoxy groups -OCH3 is 1. The largest absolute Gasteiger partial charge is 0.383 e. The second kappa shape index (κ2) is 5.78. The monoisotopic (exact) mass is 267 g/mol. The van der Waals surface area contributed by atoms with Crippen LogP contribution in [0.1, 0.15) is 35.2 Å². The van der Waals surface area contributed by atoms with E-state index in [9.17, 15) is 0 Å². The molecule has 0 fully saturated rings. The zero-order chi connectivity index (χ0) is 13.9. The van der Waals surface area contributed by atoms with E-state index in [2.05, 4.69) is 60.8 Å². The van der Waals surface area contributed by atoms with E-state index in [1.54, 1.807) is 7.11 Å². The lowest BCUT2D eigenvalue weighted by atomic mass is 9.82. The maximum Gasteiger partial charge on any atom is 0.0613 e. The van der Waals surface area contributed by atoms with Crippen molar-refractivity contribution in [1.29, 1.82) is 0 Å². The molecular formula is C18H21NO. The Bertz CT molecular complexity index is 548. The maximum absolute atomic E-state index is 5.26. The summed E-state index contributed by atoms with van der Waals surface area (Å²) in [4.78, 5) is 0. The highest BCUT2D eigenvalue weighted by atomic mass is 16.5. The summed E-state index contributed by atoms with van der Waals surface area (Å²) in [6.07, 6.45) is 1.03. The van der Waals surface area contributed by atoms with Gasteiger partial charge in [0, 0.05) is 13.2 Å². The molecule has 0 saturated carbocycles. The molecule has 3 rings (SSSR count).